The van der Waals surface area contributed by atoms with E-state index in [1.807, 2.05) is 18.3 Å². The van der Waals surface area contributed by atoms with Gasteiger partial charge in [-0.25, -0.2) is 4.39 Å². The smallest absolute Gasteiger partial charge is 0.0973 e. The Balaban J connectivity index is 1.93. The number of benzene rings is 1. The van der Waals surface area contributed by atoms with Crippen LogP contribution in [0.4, 0.5) is 4.39 Å². The summed E-state index contributed by atoms with van der Waals surface area (Å²) in [7, 11) is 0. The molecule has 0 aliphatic heterocycles. The summed E-state index contributed by atoms with van der Waals surface area (Å²) in [5.41, 5.74) is 4.47. The predicted molar refractivity (Wildman–Crippen MR) is 97.0 cm³/mol. The number of hydrogen-bond acceptors (Lipinski definition) is 1. The molecule has 1 heterocycles. The highest BCUT2D eigenvalue weighted by atomic mass is 19.1. The van der Waals surface area contributed by atoms with Crippen LogP contribution in [0.15, 0.2) is 61.3 Å². The van der Waals surface area contributed by atoms with E-state index in [4.69, 9.17) is 0 Å². The van der Waals surface area contributed by atoms with Gasteiger partial charge in [0.05, 0.1) is 6.17 Å². The zero-order valence-corrected chi connectivity index (χ0v) is 13.7. The largest absolute Gasteiger partial charge is 0.260 e. The second-order valence-corrected chi connectivity index (χ2v) is 5.77. The van der Waals surface area contributed by atoms with Crippen LogP contribution < -0.4 is 0 Å². The van der Waals surface area contributed by atoms with Gasteiger partial charge in [-0.05, 0) is 43.4 Å². The first-order valence-corrected chi connectivity index (χ1v) is 8.16. The first-order chi connectivity index (χ1) is 11.2. The molecule has 1 atom stereocenters. The van der Waals surface area contributed by atoms with E-state index >= 15 is 0 Å². The van der Waals surface area contributed by atoms with Crippen molar-refractivity contribution in [2.24, 2.45) is 0 Å². The minimum atomic E-state index is -0.700. The maximum Gasteiger partial charge on any atom is 0.0973 e. The molecule has 0 aliphatic rings. The molecule has 0 N–H and O–H groups in total. The van der Waals surface area contributed by atoms with Gasteiger partial charge in [-0.3, -0.25) is 4.98 Å². The number of halogens is 1. The summed E-state index contributed by atoms with van der Waals surface area (Å²) in [5.74, 6) is 0. The van der Waals surface area contributed by atoms with E-state index in [9.17, 15) is 4.39 Å². The molecule has 1 aromatic heterocycles. The van der Waals surface area contributed by atoms with Crippen LogP contribution in [-0.2, 0) is 6.42 Å². The minimum absolute atomic E-state index is 0.637. The van der Waals surface area contributed by atoms with Crippen molar-refractivity contribution in [2.45, 2.75) is 38.8 Å². The van der Waals surface area contributed by atoms with Crippen LogP contribution in [0.2, 0.25) is 0 Å². The number of alkyl halides is 1. The molecule has 0 amide bonds. The van der Waals surface area contributed by atoms with E-state index in [0.29, 0.717) is 6.42 Å². The lowest BCUT2D eigenvalue weighted by Crippen LogP contribution is -1.90. The van der Waals surface area contributed by atoms with Crippen molar-refractivity contribution in [3.63, 3.8) is 0 Å². The molecule has 0 fully saturated rings. The number of nitrogens with zero attached hydrogens (tertiary/aromatic N) is 1. The van der Waals surface area contributed by atoms with Gasteiger partial charge in [0.25, 0.3) is 0 Å². The lowest BCUT2D eigenvalue weighted by atomic mass is 10.0. The lowest BCUT2D eigenvalue weighted by molar-refractivity contribution is 0.335. The summed E-state index contributed by atoms with van der Waals surface area (Å²) >= 11 is 0. The van der Waals surface area contributed by atoms with Crippen LogP contribution in [0.1, 0.15) is 37.4 Å². The van der Waals surface area contributed by atoms with Crippen LogP contribution in [0.3, 0.4) is 0 Å². The molecule has 120 valence electrons. The van der Waals surface area contributed by atoms with E-state index in [0.717, 1.165) is 36.1 Å². The zero-order valence-electron chi connectivity index (χ0n) is 13.7. The van der Waals surface area contributed by atoms with Gasteiger partial charge < -0.3 is 0 Å². The molecule has 2 aromatic rings. The van der Waals surface area contributed by atoms with E-state index in [1.54, 1.807) is 6.92 Å². The third-order valence-electron chi connectivity index (χ3n) is 3.71. The Hall–Kier alpha value is -2.22. The molecule has 0 aliphatic carbocycles. The number of allylic oxidation sites excluding steroid dienone is 2. The molecular formula is C21H24FN. The van der Waals surface area contributed by atoms with Crippen LogP contribution in [0.25, 0.3) is 17.2 Å². The zero-order chi connectivity index (χ0) is 16.5. The third kappa shape index (κ3) is 5.82. The fraction of sp³-hybridized carbons (Fsp3) is 0.286. The van der Waals surface area contributed by atoms with Gasteiger partial charge >= 0.3 is 0 Å². The van der Waals surface area contributed by atoms with Gasteiger partial charge in [-0.15, -0.1) is 6.58 Å². The van der Waals surface area contributed by atoms with Gasteiger partial charge in [0, 0.05) is 23.9 Å². The van der Waals surface area contributed by atoms with E-state index < -0.39 is 6.17 Å². The van der Waals surface area contributed by atoms with Gasteiger partial charge in [-0.2, -0.15) is 0 Å². The minimum Gasteiger partial charge on any atom is -0.260 e. The Morgan fingerprint density at radius 2 is 1.87 bits per heavy atom. The van der Waals surface area contributed by atoms with Crippen molar-refractivity contribution >= 4 is 6.08 Å². The fourth-order valence-corrected chi connectivity index (χ4v) is 2.39. The maximum absolute atomic E-state index is 12.7. The summed E-state index contributed by atoms with van der Waals surface area (Å²) < 4.78 is 12.7. The third-order valence-corrected chi connectivity index (χ3v) is 3.71. The predicted octanol–water partition coefficient (Wildman–Crippen LogP) is 6.02. The second kappa shape index (κ2) is 9.04. The Kier molecular flexibility index (Phi) is 6.74. The second-order valence-electron chi connectivity index (χ2n) is 5.77. The van der Waals surface area contributed by atoms with Crippen molar-refractivity contribution in [3.8, 4) is 11.1 Å². The van der Waals surface area contributed by atoms with Crippen molar-refractivity contribution in [2.75, 3.05) is 0 Å². The summed E-state index contributed by atoms with van der Waals surface area (Å²) in [5, 5.41) is 0. The van der Waals surface area contributed by atoms with Crippen LogP contribution in [0, 0.1) is 0 Å². The fourth-order valence-electron chi connectivity index (χ4n) is 2.39. The van der Waals surface area contributed by atoms with E-state index in [1.165, 1.54) is 5.56 Å². The van der Waals surface area contributed by atoms with Gasteiger partial charge in [0.1, 0.15) is 0 Å². The molecular weight excluding hydrogens is 285 g/mol. The summed E-state index contributed by atoms with van der Waals surface area (Å²) in [6, 6.07) is 12.5. The van der Waals surface area contributed by atoms with Gasteiger partial charge in [0.2, 0.25) is 0 Å². The molecule has 0 spiro atoms. The standard InChI is InChI=1S/C21H24FN/c1-3-7-21-15-14-20(16-23-21)19-12-10-18(11-13-19)9-6-4-5-8-17(2)22/h3,6,9-17H,1,4-5,7-8H2,2H3. The SMILES string of the molecule is C=CCc1ccc(-c2ccc(C=CCCCC(C)F)cc2)cn1. The van der Waals surface area contributed by atoms with Crippen molar-refractivity contribution < 1.29 is 4.39 Å². The van der Waals surface area contributed by atoms with Crippen molar-refractivity contribution in [1.82, 2.24) is 4.98 Å². The maximum atomic E-state index is 12.7. The number of pyridine rings is 1. The van der Waals surface area contributed by atoms with E-state index in [2.05, 4.69) is 54.0 Å². The van der Waals surface area contributed by atoms with Gasteiger partial charge in [-0.1, -0.05) is 48.6 Å². The van der Waals surface area contributed by atoms with Crippen molar-refractivity contribution in [1.29, 1.82) is 0 Å². The van der Waals surface area contributed by atoms with E-state index in [-0.39, 0.29) is 0 Å². The number of rotatable bonds is 8. The summed E-state index contributed by atoms with van der Waals surface area (Å²) in [6.07, 6.45) is 10.5. The quantitative estimate of drug-likeness (QED) is 0.429. The highest BCUT2D eigenvalue weighted by Gasteiger charge is 1.99. The van der Waals surface area contributed by atoms with Crippen molar-refractivity contribution in [3.05, 3.63) is 72.6 Å². The Morgan fingerprint density at radius 1 is 1.13 bits per heavy atom. The Morgan fingerprint density at radius 3 is 2.48 bits per heavy atom. The van der Waals surface area contributed by atoms with Crippen LogP contribution >= 0.6 is 0 Å². The average molecular weight is 309 g/mol. The molecule has 1 aromatic carbocycles. The summed E-state index contributed by atoms with van der Waals surface area (Å²) in [4.78, 5) is 4.44. The first kappa shape index (κ1) is 17.1. The molecule has 1 nitrogen and oxygen atoms in total. The number of aromatic nitrogens is 1. The number of hydrogen-bond donors (Lipinski definition) is 0. The van der Waals surface area contributed by atoms with Crippen LogP contribution in [0.5, 0.6) is 0 Å². The molecule has 0 radical (unpaired) electrons. The molecule has 23 heavy (non-hydrogen) atoms. The molecule has 2 rings (SSSR count). The van der Waals surface area contributed by atoms with Gasteiger partial charge in [0.15, 0.2) is 0 Å². The number of unbranched alkanes of at least 4 members (excludes halogenated alkanes) is 1. The first-order valence-electron chi connectivity index (χ1n) is 8.16. The molecule has 0 bridgehead atoms. The summed E-state index contributed by atoms with van der Waals surface area (Å²) in [6.45, 7) is 5.34. The lowest BCUT2D eigenvalue weighted by Gasteiger charge is -2.03. The monoisotopic (exact) mass is 309 g/mol. The normalized spacial score (nSPS) is 12.4. The molecule has 2 heteroatoms. The Bertz CT molecular complexity index is 624. The highest BCUT2D eigenvalue weighted by Crippen LogP contribution is 2.20. The molecule has 0 saturated carbocycles. The highest BCUT2D eigenvalue weighted by molar-refractivity contribution is 5.65. The average Bonchev–Trinajstić information content (AvgIpc) is 2.56. The molecule has 0 saturated heterocycles. The molecule has 1 unspecified atom stereocenters. The Labute approximate surface area is 138 Å². The topological polar surface area (TPSA) is 12.9 Å². The van der Waals surface area contributed by atoms with Crippen LogP contribution in [-0.4, -0.2) is 11.2 Å².